The van der Waals surface area contributed by atoms with Crippen molar-refractivity contribution >= 4 is 11.9 Å². The van der Waals surface area contributed by atoms with Crippen molar-refractivity contribution in [2.75, 3.05) is 0 Å². The minimum atomic E-state index is -0.997. The van der Waals surface area contributed by atoms with Gasteiger partial charge in [0.15, 0.2) is 0 Å². The van der Waals surface area contributed by atoms with Crippen LogP contribution in [0, 0.1) is 0 Å². The zero-order valence-corrected chi connectivity index (χ0v) is 20.1. The van der Waals surface area contributed by atoms with Gasteiger partial charge >= 0.3 is 11.9 Å². The van der Waals surface area contributed by atoms with Crippen molar-refractivity contribution in [1.82, 2.24) is 0 Å². The van der Waals surface area contributed by atoms with E-state index < -0.39 is 11.9 Å². The molecule has 0 aromatic heterocycles. The van der Waals surface area contributed by atoms with Gasteiger partial charge in [-0.3, -0.25) is 0 Å². The van der Waals surface area contributed by atoms with Crippen molar-refractivity contribution in [3.05, 3.63) is 132 Å². The number of rotatable bonds is 8. The smallest absolute Gasteiger partial charge is 0.335 e. The first-order chi connectivity index (χ1) is 18.5. The number of carboxylic acid groups (broad SMARTS) is 2. The quantitative estimate of drug-likeness (QED) is 0.223. The summed E-state index contributed by atoms with van der Waals surface area (Å²) in [4.78, 5) is 22.4. The number of carbonyl (C=O) groups is 2. The summed E-state index contributed by atoms with van der Waals surface area (Å²) in [6.45, 7) is 0. The lowest BCUT2D eigenvalue weighted by Gasteiger charge is -2.17. The molecule has 0 unspecified atom stereocenters. The fourth-order valence-corrected chi connectivity index (χ4v) is 4.08. The van der Waals surface area contributed by atoms with E-state index >= 15 is 0 Å². The molecule has 0 aliphatic heterocycles. The molecular weight excluding hydrogens is 480 g/mol. The molecule has 5 aromatic carbocycles. The van der Waals surface area contributed by atoms with E-state index in [1.807, 2.05) is 72.8 Å². The monoisotopic (exact) mass is 502 g/mol. The Balaban J connectivity index is 1.52. The van der Waals surface area contributed by atoms with Crippen LogP contribution in [0.25, 0.3) is 22.3 Å². The van der Waals surface area contributed by atoms with Gasteiger partial charge in [0, 0.05) is 5.56 Å². The van der Waals surface area contributed by atoms with Gasteiger partial charge in [-0.1, -0.05) is 54.6 Å². The molecule has 0 saturated carbocycles. The average molecular weight is 503 g/mol. The van der Waals surface area contributed by atoms with Crippen LogP contribution < -0.4 is 9.47 Å². The zero-order chi connectivity index (χ0) is 26.5. The first kappa shape index (κ1) is 24.3. The Morgan fingerprint density at radius 3 is 1.66 bits per heavy atom. The molecule has 0 spiro atoms. The van der Waals surface area contributed by atoms with Crippen LogP contribution >= 0.6 is 0 Å². The van der Waals surface area contributed by atoms with Crippen LogP contribution in [0.15, 0.2) is 121 Å². The van der Waals surface area contributed by atoms with Crippen molar-refractivity contribution in [3.8, 4) is 45.3 Å². The van der Waals surface area contributed by atoms with E-state index in [1.165, 1.54) is 24.3 Å². The normalized spacial score (nSPS) is 10.5. The second-order valence-electron chi connectivity index (χ2n) is 8.44. The molecule has 5 rings (SSSR count). The van der Waals surface area contributed by atoms with Crippen LogP contribution in [-0.2, 0) is 0 Å². The largest absolute Gasteiger partial charge is 0.478 e. The lowest BCUT2D eigenvalue weighted by Crippen LogP contribution is -1.96. The topological polar surface area (TPSA) is 93.1 Å². The van der Waals surface area contributed by atoms with Crippen LogP contribution in [-0.4, -0.2) is 22.2 Å². The first-order valence-corrected chi connectivity index (χ1v) is 11.8. The Bertz CT molecular complexity index is 1590. The summed E-state index contributed by atoms with van der Waals surface area (Å²) >= 11 is 0. The Labute approximate surface area is 219 Å². The summed E-state index contributed by atoms with van der Waals surface area (Å²) in [6, 6.07) is 35.8. The molecule has 0 saturated heterocycles. The highest BCUT2D eigenvalue weighted by molar-refractivity contribution is 5.89. The molecular formula is C32H22O6. The second-order valence-corrected chi connectivity index (χ2v) is 8.44. The van der Waals surface area contributed by atoms with Crippen LogP contribution in [0.2, 0.25) is 0 Å². The maximum absolute atomic E-state index is 11.2. The van der Waals surface area contributed by atoms with Gasteiger partial charge in [0.05, 0.1) is 11.1 Å². The summed E-state index contributed by atoms with van der Waals surface area (Å²) < 4.78 is 12.3. The fourth-order valence-electron chi connectivity index (χ4n) is 4.08. The summed E-state index contributed by atoms with van der Waals surface area (Å²) in [5, 5.41) is 18.3. The molecule has 2 N–H and O–H groups in total. The third-order valence-electron chi connectivity index (χ3n) is 5.90. The second kappa shape index (κ2) is 10.7. The third kappa shape index (κ3) is 5.39. The van der Waals surface area contributed by atoms with E-state index in [9.17, 15) is 14.7 Å². The number of hydrogen-bond acceptors (Lipinski definition) is 4. The molecule has 0 aliphatic rings. The van der Waals surface area contributed by atoms with Crippen LogP contribution in [0.3, 0.4) is 0 Å². The summed E-state index contributed by atoms with van der Waals surface area (Å²) in [5.41, 5.74) is 4.02. The maximum Gasteiger partial charge on any atom is 0.335 e. The number of carboxylic acids is 2. The molecule has 186 valence electrons. The predicted molar refractivity (Wildman–Crippen MR) is 144 cm³/mol. The number of benzene rings is 5. The molecule has 0 amide bonds. The molecule has 6 nitrogen and oxygen atoms in total. The van der Waals surface area contributed by atoms with E-state index in [0.717, 1.165) is 22.3 Å². The highest BCUT2D eigenvalue weighted by atomic mass is 16.5. The van der Waals surface area contributed by atoms with Crippen molar-refractivity contribution < 1.29 is 29.3 Å². The number of ether oxygens (including phenoxy) is 2. The maximum atomic E-state index is 11.2. The van der Waals surface area contributed by atoms with Gasteiger partial charge in [-0.15, -0.1) is 0 Å². The van der Waals surface area contributed by atoms with Gasteiger partial charge in [-0.25, -0.2) is 9.59 Å². The SMILES string of the molecule is O=C(O)c1ccc(Oc2cccc(-c3cccc(Oc4ccc(C(=O)O)cc4)c3-c3ccccc3)c2)cc1. The molecule has 38 heavy (non-hydrogen) atoms. The van der Waals surface area contributed by atoms with E-state index in [-0.39, 0.29) is 11.1 Å². The van der Waals surface area contributed by atoms with Crippen molar-refractivity contribution in [2.24, 2.45) is 0 Å². The van der Waals surface area contributed by atoms with Crippen LogP contribution in [0.1, 0.15) is 20.7 Å². The Morgan fingerprint density at radius 1 is 0.500 bits per heavy atom. The highest BCUT2D eigenvalue weighted by Crippen LogP contribution is 2.42. The lowest BCUT2D eigenvalue weighted by molar-refractivity contribution is 0.0686. The fraction of sp³-hybridized carbons (Fsp3) is 0. The van der Waals surface area contributed by atoms with E-state index in [4.69, 9.17) is 14.6 Å². The molecule has 0 radical (unpaired) electrons. The van der Waals surface area contributed by atoms with Crippen molar-refractivity contribution in [2.45, 2.75) is 0 Å². The minimum Gasteiger partial charge on any atom is -0.478 e. The highest BCUT2D eigenvalue weighted by Gasteiger charge is 2.15. The third-order valence-corrected chi connectivity index (χ3v) is 5.90. The first-order valence-electron chi connectivity index (χ1n) is 11.8. The average Bonchev–Trinajstić information content (AvgIpc) is 2.94. The molecule has 0 heterocycles. The molecule has 6 heteroatoms. The van der Waals surface area contributed by atoms with Gasteiger partial charge in [-0.2, -0.15) is 0 Å². The molecule has 0 atom stereocenters. The standard InChI is InChI=1S/C32H22O6/c33-31(34)22-12-16-25(17-13-22)37-27-9-4-8-24(20-27)28-10-5-11-29(30(28)21-6-2-1-3-7-21)38-26-18-14-23(15-19-26)32(35)36/h1-20H,(H,33,34)(H,35,36). The summed E-state index contributed by atoms with van der Waals surface area (Å²) in [7, 11) is 0. The van der Waals surface area contributed by atoms with Crippen LogP contribution in [0.5, 0.6) is 23.0 Å². The van der Waals surface area contributed by atoms with Gasteiger partial charge in [0.1, 0.15) is 23.0 Å². The Morgan fingerprint density at radius 2 is 1.05 bits per heavy atom. The van der Waals surface area contributed by atoms with Crippen LogP contribution in [0.4, 0.5) is 0 Å². The van der Waals surface area contributed by atoms with E-state index in [1.54, 1.807) is 24.3 Å². The molecule has 0 bridgehead atoms. The number of aromatic carboxylic acids is 2. The molecule has 0 fully saturated rings. The van der Waals surface area contributed by atoms with E-state index in [2.05, 4.69) is 0 Å². The molecule has 0 aliphatic carbocycles. The lowest BCUT2D eigenvalue weighted by atomic mass is 9.93. The van der Waals surface area contributed by atoms with Gasteiger partial charge < -0.3 is 19.7 Å². The van der Waals surface area contributed by atoms with Crippen molar-refractivity contribution in [3.63, 3.8) is 0 Å². The summed E-state index contributed by atoms with van der Waals surface area (Å²) in [5.74, 6) is 0.270. The van der Waals surface area contributed by atoms with Crippen molar-refractivity contribution in [1.29, 1.82) is 0 Å². The number of hydrogen-bond donors (Lipinski definition) is 2. The van der Waals surface area contributed by atoms with Gasteiger partial charge in [0.25, 0.3) is 0 Å². The van der Waals surface area contributed by atoms with Gasteiger partial charge in [-0.05, 0) is 83.4 Å². The van der Waals surface area contributed by atoms with Gasteiger partial charge in [0.2, 0.25) is 0 Å². The Kier molecular flexibility index (Phi) is 6.87. The minimum absolute atomic E-state index is 0.184. The molecule has 5 aromatic rings. The summed E-state index contributed by atoms with van der Waals surface area (Å²) in [6.07, 6.45) is 0. The predicted octanol–water partition coefficient (Wildman–Crippen LogP) is 8.00. The Hall–Kier alpha value is -5.36. The zero-order valence-electron chi connectivity index (χ0n) is 20.1. The van der Waals surface area contributed by atoms with E-state index in [0.29, 0.717) is 23.0 Å².